The quantitative estimate of drug-likeness (QED) is 0.902. The highest BCUT2D eigenvalue weighted by Crippen LogP contribution is 2.35. The average Bonchev–Trinajstić information content (AvgIpc) is 2.94. The molecule has 3 heterocycles. The van der Waals surface area contributed by atoms with Crippen LogP contribution in [0.5, 0.6) is 0 Å². The maximum atomic E-state index is 12.7. The largest absolute Gasteiger partial charge is 0.334 e. The van der Waals surface area contributed by atoms with Gasteiger partial charge in [-0.05, 0) is 49.2 Å². The van der Waals surface area contributed by atoms with Gasteiger partial charge in [-0.15, -0.1) is 11.3 Å². The normalized spacial score (nSPS) is 27.1. The summed E-state index contributed by atoms with van der Waals surface area (Å²) in [6.07, 6.45) is 5.43. The SMILES string of the molecule is CCC1c2ccsc2CCN1C(=O)[C@@H]1CCCCN1. The number of carbonyl (C=O) groups is 1. The summed E-state index contributed by atoms with van der Waals surface area (Å²) in [5, 5.41) is 5.56. The van der Waals surface area contributed by atoms with Crippen molar-refractivity contribution in [1.29, 1.82) is 0 Å². The molecule has 2 aliphatic heterocycles. The van der Waals surface area contributed by atoms with Gasteiger partial charge in [0.1, 0.15) is 0 Å². The molecular formula is C15H22N2OS. The molecule has 0 saturated carbocycles. The number of nitrogens with zero attached hydrogens (tertiary/aromatic N) is 1. The van der Waals surface area contributed by atoms with Crippen LogP contribution in [0.25, 0.3) is 0 Å². The number of hydrogen-bond donors (Lipinski definition) is 1. The third-order valence-corrected chi connectivity index (χ3v) is 5.37. The van der Waals surface area contributed by atoms with Crippen molar-refractivity contribution in [2.75, 3.05) is 13.1 Å². The van der Waals surface area contributed by atoms with Crippen LogP contribution in [0.4, 0.5) is 0 Å². The van der Waals surface area contributed by atoms with E-state index in [2.05, 4.69) is 28.6 Å². The van der Waals surface area contributed by atoms with Crippen LogP contribution >= 0.6 is 11.3 Å². The Morgan fingerprint density at radius 3 is 3.16 bits per heavy atom. The van der Waals surface area contributed by atoms with Crippen LogP contribution in [0.3, 0.4) is 0 Å². The number of nitrogens with one attached hydrogen (secondary N) is 1. The van der Waals surface area contributed by atoms with E-state index < -0.39 is 0 Å². The molecule has 1 saturated heterocycles. The van der Waals surface area contributed by atoms with Crippen LogP contribution < -0.4 is 5.32 Å². The minimum Gasteiger partial charge on any atom is -0.334 e. The van der Waals surface area contributed by atoms with Gasteiger partial charge in [-0.25, -0.2) is 0 Å². The van der Waals surface area contributed by atoms with E-state index in [1.807, 2.05) is 11.3 Å². The molecule has 3 nitrogen and oxygen atoms in total. The van der Waals surface area contributed by atoms with Gasteiger partial charge in [0, 0.05) is 11.4 Å². The molecule has 3 rings (SSSR count). The Morgan fingerprint density at radius 2 is 2.42 bits per heavy atom. The fourth-order valence-electron chi connectivity index (χ4n) is 3.36. The summed E-state index contributed by atoms with van der Waals surface area (Å²) < 4.78 is 0. The minimum atomic E-state index is 0.0583. The van der Waals surface area contributed by atoms with Crippen LogP contribution in [-0.4, -0.2) is 29.9 Å². The Hall–Kier alpha value is -0.870. The van der Waals surface area contributed by atoms with Gasteiger partial charge in [0.05, 0.1) is 12.1 Å². The topological polar surface area (TPSA) is 32.3 Å². The van der Waals surface area contributed by atoms with Crippen molar-refractivity contribution in [2.24, 2.45) is 0 Å². The van der Waals surface area contributed by atoms with Gasteiger partial charge in [0.2, 0.25) is 5.91 Å². The van der Waals surface area contributed by atoms with E-state index in [0.717, 1.165) is 32.4 Å². The van der Waals surface area contributed by atoms with Gasteiger partial charge in [-0.3, -0.25) is 4.79 Å². The Balaban J connectivity index is 1.78. The molecule has 19 heavy (non-hydrogen) atoms. The maximum absolute atomic E-state index is 12.7. The predicted octanol–water partition coefficient (Wildman–Crippen LogP) is 2.73. The highest BCUT2D eigenvalue weighted by molar-refractivity contribution is 7.10. The fraction of sp³-hybridized carbons (Fsp3) is 0.667. The lowest BCUT2D eigenvalue weighted by Gasteiger charge is -2.38. The molecule has 0 spiro atoms. The Bertz CT molecular complexity index is 451. The van der Waals surface area contributed by atoms with Gasteiger partial charge in [0.15, 0.2) is 0 Å². The minimum absolute atomic E-state index is 0.0583. The van der Waals surface area contributed by atoms with Crippen molar-refractivity contribution in [3.05, 3.63) is 21.9 Å². The molecule has 1 unspecified atom stereocenters. The second kappa shape index (κ2) is 5.63. The number of amides is 1. The lowest BCUT2D eigenvalue weighted by molar-refractivity contribution is -0.137. The molecular weight excluding hydrogens is 256 g/mol. The summed E-state index contributed by atoms with van der Waals surface area (Å²) in [6, 6.07) is 2.57. The molecule has 1 aromatic heterocycles. The van der Waals surface area contributed by atoms with Crippen molar-refractivity contribution in [3.8, 4) is 0 Å². The maximum Gasteiger partial charge on any atom is 0.240 e. The zero-order valence-electron chi connectivity index (χ0n) is 11.5. The molecule has 0 radical (unpaired) electrons. The standard InChI is InChI=1S/C15H22N2OS/c1-2-13-11-7-10-19-14(11)6-9-17(13)15(18)12-5-3-4-8-16-12/h7,10,12-13,16H,2-6,8-9H2,1H3/t12-,13?/m0/s1. The van der Waals surface area contributed by atoms with E-state index >= 15 is 0 Å². The molecule has 2 aliphatic rings. The second-order valence-electron chi connectivity index (χ2n) is 5.51. The highest BCUT2D eigenvalue weighted by atomic mass is 32.1. The summed E-state index contributed by atoms with van der Waals surface area (Å²) in [6.45, 7) is 4.07. The van der Waals surface area contributed by atoms with E-state index in [0.29, 0.717) is 11.9 Å². The molecule has 0 aromatic carbocycles. The smallest absolute Gasteiger partial charge is 0.240 e. The molecule has 1 N–H and O–H groups in total. The van der Waals surface area contributed by atoms with Gasteiger partial charge < -0.3 is 10.2 Å². The Kier molecular flexibility index (Phi) is 3.89. The predicted molar refractivity (Wildman–Crippen MR) is 78.4 cm³/mol. The molecule has 1 amide bonds. The molecule has 0 aliphatic carbocycles. The van der Waals surface area contributed by atoms with Gasteiger partial charge in [-0.2, -0.15) is 0 Å². The summed E-state index contributed by atoms with van der Waals surface area (Å²) >= 11 is 1.84. The molecule has 0 bridgehead atoms. The van der Waals surface area contributed by atoms with Gasteiger partial charge in [-0.1, -0.05) is 13.3 Å². The second-order valence-corrected chi connectivity index (χ2v) is 6.51. The molecule has 1 fully saturated rings. The first-order valence-electron chi connectivity index (χ1n) is 7.41. The van der Waals surface area contributed by atoms with Crippen molar-refractivity contribution in [3.63, 3.8) is 0 Å². The lowest BCUT2D eigenvalue weighted by atomic mass is 9.95. The molecule has 4 heteroatoms. The Labute approximate surface area is 119 Å². The fourth-order valence-corrected chi connectivity index (χ4v) is 4.29. The number of hydrogen-bond acceptors (Lipinski definition) is 3. The van der Waals surface area contributed by atoms with E-state index in [-0.39, 0.29) is 6.04 Å². The first kappa shape index (κ1) is 13.1. The molecule has 1 aromatic rings. The van der Waals surface area contributed by atoms with E-state index in [1.165, 1.54) is 23.3 Å². The lowest BCUT2D eigenvalue weighted by Crippen LogP contribution is -2.51. The van der Waals surface area contributed by atoms with E-state index in [9.17, 15) is 4.79 Å². The average molecular weight is 278 g/mol. The first-order chi connectivity index (χ1) is 9.31. The van der Waals surface area contributed by atoms with Crippen LogP contribution in [0.15, 0.2) is 11.4 Å². The number of fused-ring (bicyclic) bond motifs is 1. The zero-order chi connectivity index (χ0) is 13.2. The van der Waals surface area contributed by atoms with Crippen molar-refractivity contribution < 1.29 is 4.79 Å². The first-order valence-corrected chi connectivity index (χ1v) is 8.29. The van der Waals surface area contributed by atoms with Crippen LogP contribution in [-0.2, 0) is 11.2 Å². The van der Waals surface area contributed by atoms with Crippen molar-refractivity contribution in [2.45, 2.75) is 51.1 Å². The molecule has 2 atom stereocenters. The van der Waals surface area contributed by atoms with E-state index in [1.54, 1.807) is 0 Å². The molecule has 104 valence electrons. The summed E-state index contributed by atoms with van der Waals surface area (Å²) in [7, 11) is 0. The summed E-state index contributed by atoms with van der Waals surface area (Å²) in [5.41, 5.74) is 1.39. The zero-order valence-corrected chi connectivity index (χ0v) is 12.3. The third kappa shape index (κ3) is 2.43. The van der Waals surface area contributed by atoms with Crippen molar-refractivity contribution >= 4 is 17.2 Å². The van der Waals surface area contributed by atoms with Crippen LogP contribution in [0.1, 0.15) is 49.1 Å². The third-order valence-electron chi connectivity index (χ3n) is 4.37. The van der Waals surface area contributed by atoms with Gasteiger partial charge in [0.25, 0.3) is 0 Å². The number of carbonyl (C=O) groups excluding carboxylic acids is 1. The number of piperidine rings is 1. The monoisotopic (exact) mass is 278 g/mol. The van der Waals surface area contributed by atoms with Crippen LogP contribution in [0.2, 0.25) is 0 Å². The van der Waals surface area contributed by atoms with Crippen molar-refractivity contribution in [1.82, 2.24) is 10.2 Å². The summed E-state index contributed by atoms with van der Waals surface area (Å²) in [5.74, 6) is 0.323. The number of rotatable bonds is 2. The van der Waals surface area contributed by atoms with E-state index in [4.69, 9.17) is 0 Å². The summed E-state index contributed by atoms with van der Waals surface area (Å²) in [4.78, 5) is 16.3. The number of thiophene rings is 1. The van der Waals surface area contributed by atoms with Crippen LogP contribution in [0, 0.1) is 0 Å². The highest BCUT2D eigenvalue weighted by Gasteiger charge is 2.34. The van der Waals surface area contributed by atoms with Gasteiger partial charge >= 0.3 is 0 Å². The Morgan fingerprint density at radius 1 is 1.53 bits per heavy atom.